The Hall–Kier alpha value is -1.42. The van der Waals surface area contributed by atoms with Gasteiger partial charge in [0.25, 0.3) is 0 Å². The minimum Gasteiger partial charge on any atom is -0.399 e. The Morgan fingerprint density at radius 1 is 1.10 bits per heavy atom. The standard InChI is InChI=1S/C6H7N.C3H2/c7-6-4-2-1-3-5-6;1-2-3-1/h1-5H,7H2;1H2. The second kappa shape index (κ2) is 3.58. The van der Waals surface area contributed by atoms with Gasteiger partial charge in [0, 0.05) is 5.69 Å². The zero-order valence-corrected chi connectivity index (χ0v) is 5.67. The quantitative estimate of drug-likeness (QED) is 0.420. The predicted octanol–water partition coefficient (Wildman–Crippen LogP) is 1.66. The molecule has 1 aromatic rings. The van der Waals surface area contributed by atoms with Gasteiger partial charge in [-0.25, -0.2) is 0 Å². The summed E-state index contributed by atoms with van der Waals surface area (Å²) in [5, 5.41) is 0. The molecule has 0 heterocycles. The molecule has 0 atom stereocenters. The van der Waals surface area contributed by atoms with E-state index in [1.165, 1.54) is 0 Å². The first-order valence-electron chi connectivity index (χ1n) is 3.16. The van der Waals surface area contributed by atoms with Crippen LogP contribution in [0.1, 0.15) is 6.42 Å². The molecule has 0 saturated carbocycles. The highest BCUT2D eigenvalue weighted by molar-refractivity contribution is 5.35. The monoisotopic (exact) mass is 131 g/mol. The first-order valence-corrected chi connectivity index (χ1v) is 3.16. The van der Waals surface area contributed by atoms with Crippen molar-refractivity contribution in [2.75, 3.05) is 5.73 Å². The third-order valence-corrected chi connectivity index (χ3v) is 0.976. The predicted molar refractivity (Wildman–Crippen MR) is 43.2 cm³/mol. The Bertz CT molecular complexity index is 234. The summed E-state index contributed by atoms with van der Waals surface area (Å²) in [6, 6.07) is 9.49. The number of para-hydroxylation sites is 1. The molecule has 0 aromatic heterocycles. The van der Waals surface area contributed by atoms with Gasteiger partial charge >= 0.3 is 0 Å². The van der Waals surface area contributed by atoms with Gasteiger partial charge in [-0.3, -0.25) is 0 Å². The number of anilines is 1. The van der Waals surface area contributed by atoms with E-state index in [0.29, 0.717) is 0 Å². The zero-order valence-electron chi connectivity index (χ0n) is 5.67. The van der Waals surface area contributed by atoms with Crippen LogP contribution in [0.25, 0.3) is 0 Å². The summed E-state index contributed by atoms with van der Waals surface area (Å²) >= 11 is 0. The topological polar surface area (TPSA) is 26.0 Å². The van der Waals surface area contributed by atoms with Crippen molar-refractivity contribution in [3.8, 4) is 11.8 Å². The fraction of sp³-hybridized carbons (Fsp3) is 0.111. The van der Waals surface area contributed by atoms with Crippen molar-refractivity contribution in [3.05, 3.63) is 30.3 Å². The van der Waals surface area contributed by atoms with Crippen LogP contribution in [0.2, 0.25) is 0 Å². The third kappa shape index (κ3) is 3.57. The molecule has 1 aromatic carbocycles. The SMILES string of the molecule is C1#CC1.Nc1ccccc1. The van der Waals surface area contributed by atoms with Crippen molar-refractivity contribution in [1.29, 1.82) is 0 Å². The Labute approximate surface area is 60.9 Å². The molecule has 0 bridgehead atoms. The van der Waals surface area contributed by atoms with Crippen LogP contribution in [0.4, 0.5) is 5.69 Å². The third-order valence-electron chi connectivity index (χ3n) is 0.976. The van der Waals surface area contributed by atoms with Gasteiger partial charge < -0.3 is 5.73 Å². The average Bonchev–Trinajstić information content (AvgIpc) is 2.73. The normalized spacial score (nSPS) is 10.0. The fourth-order valence-corrected chi connectivity index (χ4v) is 0.453. The number of hydrogen-bond donors (Lipinski definition) is 1. The summed E-state index contributed by atoms with van der Waals surface area (Å²) in [6.45, 7) is 0. The van der Waals surface area contributed by atoms with E-state index in [2.05, 4.69) is 11.8 Å². The van der Waals surface area contributed by atoms with E-state index in [1.807, 2.05) is 30.3 Å². The van der Waals surface area contributed by atoms with Gasteiger partial charge in [0.05, 0.1) is 6.42 Å². The van der Waals surface area contributed by atoms with E-state index < -0.39 is 0 Å². The summed E-state index contributed by atoms with van der Waals surface area (Å²) in [5.74, 6) is 5.50. The highest BCUT2D eigenvalue weighted by Crippen LogP contribution is 1.95. The second-order valence-corrected chi connectivity index (χ2v) is 1.94. The van der Waals surface area contributed by atoms with Gasteiger partial charge in [0.15, 0.2) is 0 Å². The number of rotatable bonds is 0. The smallest absolute Gasteiger partial charge is 0.0703 e. The molecule has 0 amide bonds. The molecule has 1 nitrogen and oxygen atoms in total. The van der Waals surface area contributed by atoms with E-state index >= 15 is 0 Å². The summed E-state index contributed by atoms with van der Waals surface area (Å²) in [5.41, 5.74) is 6.18. The van der Waals surface area contributed by atoms with Crippen LogP contribution in [0.3, 0.4) is 0 Å². The van der Waals surface area contributed by atoms with Gasteiger partial charge in [-0.1, -0.05) is 30.0 Å². The molecule has 2 rings (SSSR count). The van der Waals surface area contributed by atoms with Crippen molar-refractivity contribution < 1.29 is 0 Å². The molecule has 1 aliphatic carbocycles. The van der Waals surface area contributed by atoms with Crippen LogP contribution in [0.15, 0.2) is 30.3 Å². The summed E-state index contributed by atoms with van der Waals surface area (Å²) in [6.07, 6.45) is 1.00. The van der Waals surface area contributed by atoms with Crippen molar-refractivity contribution in [2.24, 2.45) is 0 Å². The highest BCUT2D eigenvalue weighted by Gasteiger charge is 1.72. The Morgan fingerprint density at radius 2 is 1.60 bits per heavy atom. The highest BCUT2D eigenvalue weighted by atomic mass is 14.5. The van der Waals surface area contributed by atoms with Gasteiger partial charge in [0.2, 0.25) is 0 Å². The van der Waals surface area contributed by atoms with Crippen LogP contribution >= 0.6 is 0 Å². The molecule has 0 fully saturated rings. The van der Waals surface area contributed by atoms with Gasteiger partial charge in [-0.2, -0.15) is 0 Å². The molecule has 0 aliphatic heterocycles. The van der Waals surface area contributed by atoms with Crippen molar-refractivity contribution >= 4 is 5.69 Å². The van der Waals surface area contributed by atoms with Gasteiger partial charge in [0.1, 0.15) is 0 Å². The summed E-state index contributed by atoms with van der Waals surface area (Å²) in [4.78, 5) is 0. The van der Waals surface area contributed by atoms with Crippen molar-refractivity contribution in [3.63, 3.8) is 0 Å². The van der Waals surface area contributed by atoms with Crippen molar-refractivity contribution in [2.45, 2.75) is 6.42 Å². The van der Waals surface area contributed by atoms with E-state index in [0.717, 1.165) is 12.1 Å². The maximum absolute atomic E-state index is 5.36. The first kappa shape index (κ1) is 6.70. The lowest BCUT2D eigenvalue weighted by Gasteiger charge is -1.83. The molecule has 0 radical (unpaired) electrons. The largest absolute Gasteiger partial charge is 0.399 e. The maximum Gasteiger partial charge on any atom is 0.0703 e. The van der Waals surface area contributed by atoms with Crippen LogP contribution in [0, 0.1) is 11.8 Å². The Balaban J connectivity index is 0.000000138. The lowest BCUT2D eigenvalue weighted by Crippen LogP contribution is -1.79. The van der Waals surface area contributed by atoms with E-state index in [-0.39, 0.29) is 0 Å². The van der Waals surface area contributed by atoms with Crippen LogP contribution in [0.5, 0.6) is 0 Å². The van der Waals surface area contributed by atoms with Crippen LogP contribution in [-0.2, 0) is 0 Å². The molecule has 50 valence electrons. The molecule has 1 aliphatic rings. The van der Waals surface area contributed by atoms with E-state index in [4.69, 9.17) is 5.73 Å². The number of benzene rings is 1. The van der Waals surface area contributed by atoms with Crippen LogP contribution < -0.4 is 5.73 Å². The average molecular weight is 131 g/mol. The minimum absolute atomic E-state index is 0.822. The molecular formula is C9H9N. The second-order valence-electron chi connectivity index (χ2n) is 1.94. The first-order chi connectivity index (χ1) is 4.89. The lowest BCUT2D eigenvalue weighted by molar-refractivity contribution is 1.69. The van der Waals surface area contributed by atoms with E-state index in [1.54, 1.807) is 0 Å². The zero-order chi connectivity index (χ0) is 7.23. The molecule has 2 N–H and O–H groups in total. The molecule has 1 heteroatoms. The van der Waals surface area contributed by atoms with Crippen LogP contribution in [-0.4, -0.2) is 0 Å². The number of nitrogen functional groups attached to an aromatic ring is 1. The molecule has 10 heavy (non-hydrogen) atoms. The lowest BCUT2D eigenvalue weighted by atomic mass is 10.3. The Morgan fingerprint density at radius 3 is 1.80 bits per heavy atom. The van der Waals surface area contributed by atoms with Crippen molar-refractivity contribution in [1.82, 2.24) is 0 Å². The maximum atomic E-state index is 5.36. The summed E-state index contributed by atoms with van der Waals surface area (Å²) in [7, 11) is 0. The number of nitrogens with two attached hydrogens (primary N) is 1. The molecule has 0 unspecified atom stereocenters. The molecular weight excluding hydrogens is 122 g/mol. The Kier molecular flexibility index (Phi) is 2.39. The fourth-order valence-electron chi connectivity index (χ4n) is 0.453. The minimum atomic E-state index is 0.822. The summed E-state index contributed by atoms with van der Waals surface area (Å²) < 4.78 is 0. The molecule has 0 saturated heterocycles. The van der Waals surface area contributed by atoms with Gasteiger partial charge in [-0.15, -0.1) is 0 Å². The van der Waals surface area contributed by atoms with Gasteiger partial charge in [-0.05, 0) is 12.1 Å². The number of hydrogen-bond acceptors (Lipinski definition) is 1. The molecule has 0 spiro atoms. The van der Waals surface area contributed by atoms with E-state index in [9.17, 15) is 0 Å².